The Kier molecular flexibility index (Phi) is 5.54. The summed E-state index contributed by atoms with van der Waals surface area (Å²) < 4.78 is 38.9. The summed E-state index contributed by atoms with van der Waals surface area (Å²) >= 11 is 3.35. The van der Waals surface area contributed by atoms with Crippen LogP contribution in [0.25, 0.3) is 0 Å². The highest BCUT2D eigenvalue weighted by molar-refractivity contribution is 9.10. The van der Waals surface area contributed by atoms with Gasteiger partial charge in [0.05, 0.1) is 10.5 Å². The second-order valence-electron chi connectivity index (χ2n) is 7.12. The lowest BCUT2D eigenvalue weighted by Gasteiger charge is -2.32. The van der Waals surface area contributed by atoms with Crippen molar-refractivity contribution in [3.63, 3.8) is 0 Å². The number of sulfonamides is 1. The molecule has 0 aliphatic carbocycles. The smallest absolute Gasteiger partial charge is 0.256 e. The van der Waals surface area contributed by atoms with Crippen LogP contribution in [0.2, 0.25) is 0 Å². The maximum atomic E-state index is 13.1. The van der Waals surface area contributed by atoms with Crippen LogP contribution in [0.4, 0.5) is 5.69 Å². The predicted molar refractivity (Wildman–Crippen MR) is 112 cm³/mol. The van der Waals surface area contributed by atoms with Gasteiger partial charge in [0.1, 0.15) is 0 Å². The molecule has 2 aromatic rings. The van der Waals surface area contributed by atoms with Gasteiger partial charge in [-0.2, -0.15) is 4.31 Å². The Hall–Kier alpha value is -2.10. The van der Waals surface area contributed by atoms with E-state index in [1.807, 2.05) is 6.92 Å². The van der Waals surface area contributed by atoms with Crippen molar-refractivity contribution in [3.05, 3.63) is 46.4 Å². The molecule has 0 saturated carbocycles. The molecule has 2 heterocycles. The van der Waals surface area contributed by atoms with Gasteiger partial charge in [-0.3, -0.25) is 4.79 Å². The van der Waals surface area contributed by atoms with Gasteiger partial charge in [-0.1, -0.05) is 6.42 Å². The van der Waals surface area contributed by atoms with Crippen LogP contribution in [0, 0.1) is 0 Å². The topological polar surface area (TPSA) is 84.9 Å². The molecule has 1 unspecified atom stereocenters. The van der Waals surface area contributed by atoms with E-state index in [1.54, 1.807) is 24.3 Å². The van der Waals surface area contributed by atoms with E-state index in [1.165, 1.54) is 16.4 Å². The number of nitrogens with zero attached hydrogens (tertiary/aromatic N) is 1. The van der Waals surface area contributed by atoms with Crippen molar-refractivity contribution >= 4 is 37.5 Å². The summed E-state index contributed by atoms with van der Waals surface area (Å²) in [6, 6.07) is 9.57. The standard InChI is InChI=1S/C20H21BrN2O5S/c1-13-4-2-3-9-23(13)29(25,26)15-6-7-17(21)16(11-15)20(24)22-14-5-8-18-19(10-14)28-12-27-18/h5-8,10-11,13H,2-4,9,12H2,1H3,(H,22,24). The van der Waals surface area contributed by atoms with Gasteiger partial charge in [-0.15, -0.1) is 0 Å². The van der Waals surface area contributed by atoms with Gasteiger partial charge in [-0.25, -0.2) is 8.42 Å². The lowest BCUT2D eigenvalue weighted by Crippen LogP contribution is -2.41. The van der Waals surface area contributed by atoms with E-state index in [-0.39, 0.29) is 23.3 Å². The molecule has 7 nitrogen and oxygen atoms in total. The van der Waals surface area contributed by atoms with Crippen LogP contribution in [0.15, 0.2) is 45.8 Å². The van der Waals surface area contributed by atoms with Gasteiger partial charge in [0.15, 0.2) is 11.5 Å². The molecule has 2 aliphatic heterocycles. The number of rotatable bonds is 4. The average molecular weight is 481 g/mol. The first-order valence-corrected chi connectivity index (χ1v) is 11.6. The summed E-state index contributed by atoms with van der Waals surface area (Å²) in [5.41, 5.74) is 0.775. The van der Waals surface area contributed by atoms with Crippen LogP contribution in [0.1, 0.15) is 36.5 Å². The van der Waals surface area contributed by atoms with E-state index in [4.69, 9.17) is 9.47 Å². The molecule has 1 atom stereocenters. The van der Waals surface area contributed by atoms with Crippen molar-refractivity contribution in [2.45, 2.75) is 37.1 Å². The minimum absolute atomic E-state index is 0.0525. The Morgan fingerprint density at radius 1 is 1.14 bits per heavy atom. The quantitative estimate of drug-likeness (QED) is 0.714. The normalized spacial score (nSPS) is 19.2. The van der Waals surface area contributed by atoms with E-state index in [0.717, 1.165) is 19.3 Å². The first kappa shape index (κ1) is 20.2. The van der Waals surface area contributed by atoms with Crippen molar-refractivity contribution in [1.82, 2.24) is 4.31 Å². The molecule has 4 rings (SSSR count). The Morgan fingerprint density at radius 3 is 2.72 bits per heavy atom. The highest BCUT2D eigenvalue weighted by Crippen LogP contribution is 2.34. The molecule has 1 amide bonds. The van der Waals surface area contributed by atoms with Gasteiger partial charge in [0.2, 0.25) is 16.8 Å². The van der Waals surface area contributed by atoms with E-state index in [2.05, 4.69) is 21.2 Å². The molecule has 1 N–H and O–H groups in total. The van der Waals surface area contributed by atoms with Crippen molar-refractivity contribution in [2.75, 3.05) is 18.7 Å². The molecule has 0 bridgehead atoms. The highest BCUT2D eigenvalue weighted by atomic mass is 79.9. The third-order valence-electron chi connectivity index (χ3n) is 5.16. The summed E-state index contributed by atoms with van der Waals surface area (Å²) in [5, 5.41) is 2.78. The third-order valence-corrected chi connectivity index (χ3v) is 7.86. The molecule has 29 heavy (non-hydrogen) atoms. The fraction of sp³-hybridized carbons (Fsp3) is 0.350. The van der Waals surface area contributed by atoms with Crippen LogP contribution in [0.3, 0.4) is 0 Å². The van der Waals surface area contributed by atoms with Crippen molar-refractivity contribution in [1.29, 1.82) is 0 Å². The fourth-order valence-electron chi connectivity index (χ4n) is 3.58. The fourth-order valence-corrected chi connectivity index (χ4v) is 5.73. The average Bonchev–Trinajstić information content (AvgIpc) is 3.16. The molecule has 0 spiro atoms. The Balaban J connectivity index is 1.60. The van der Waals surface area contributed by atoms with Crippen LogP contribution < -0.4 is 14.8 Å². The number of carbonyl (C=O) groups is 1. The Morgan fingerprint density at radius 2 is 1.93 bits per heavy atom. The van der Waals surface area contributed by atoms with E-state index in [0.29, 0.717) is 28.2 Å². The van der Waals surface area contributed by atoms with Crippen LogP contribution in [0.5, 0.6) is 11.5 Å². The van der Waals surface area contributed by atoms with Crippen molar-refractivity contribution in [3.8, 4) is 11.5 Å². The number of ether oxygens (including phenoxy) is 2. The summed E-state index contributed by atoms with van der Waals surface area (Å²) in [5.74, 6) is 0.754. The van der Waals surface area contributed by atoms with Gasteiger partial charge >= 0.3 is 0 Å². The number of piperidine rings is 1. The lowest BCUT2D eigenvalue weighted by atomic mass is 10.1. The second-order valence-corrected chi connectivity index (χ2v) is 9.87. The molecule has 1 saturated heterocycles. The molecule has 0 aromatic heterocycles. The Bertz CT molecular complexity index is 1060. The van der Waals surface area contributed by atoms with Gasteiger partial charge < -0.3 is 14.8 Å². The maximum absolute atomic E-state index is 13.1. The molecule has 154 valence electrons. The summed E-state index contributed by atoms with van der Waals surface area (Å²) in [4.78, 5) is 12.9. The minimum Gasteiger partial charge on any atom is -0.454 e. The molecule has 2 aliphatic rings. The lowest BCUT2D eigenvalue weighted by molar-refractivity contribution is 0.102. The number of amides is 1. The van der Waals surface area contributed by atoms with Gasteiger partial charge in [0.25, 0.3) is 5.91 Å². The Labute approximate surface area is 178 Å². The maximum Gasteiger partial charge on any atom is 0.256 e. The molecule has 0 radical (unpaired) electrons. The summed E-state index contributed by atoms with van der Waals surface area (Å²) in [6.07, 6.45) is 2.71. The molecular formula is C20H21BrN2O5S. The predicted octanol–water partition coefficient (Wildman–Crippen LogP) is 3.99. The first-order valence-electron chi connectivity index (χ1n) is 9.38. The first-order chi connectivity index (χ1) is 13.9. The van der Waals surface area contributed by atoms with Crippen molar-refractivity contribution < 1.29 is 22.7 Å². The number of hydrogen-bond donors (Lipinski definition) is 1. The number of carbonyl (C=O) groups excluding carboxylic acids is 1. The van der Waals surface area contributed by atoms with Gasteiger partial charge in [-0.05, 0) is 66.0 Å². The zero-order valence-corrected chi connectivity index (χ0v) is 18.3. The third kappa shape index (κ3) is 3.99. The van der Waals surface area contributed by atoms with Gasteiger partial charge in [0, 0.05) is 28.8 Å². The number of anilines is 1. The largest absolute Gasteiger partial charge is 0.454 e. The second kappa shape index (κ2) is 7.97. The van der Waals surface area contributed by atoms with Crippen molar-refractivity contribution in [2.24, 2.45) is 0 Å². The summed E-state index contributed by atoms with van der Waals surface area (Å²) in [6.45, 7) is 2.56. The molecule has 9 heteroatoms. The van der Waals surface area contributed by atoms with E-state index < -0.39 is 15.9 Å². The number of halogens is 1. The van der Waals surface area contributed by atoms with Crippen LogP contribution in [-0.4, -0.2) is 38.0 Å². The zero-order chi connectivity index (χ0) is 20.6. The number of nitrogens with one attached hydrogen (secondary N) is 1. The summed E-state index contributed by atoms with van der Waals surface area (Å²) in [7, 11) is -3.67. The van der Waals surface area contributed by atoms with E-state index in [9.17, 15) is 13.2 Å². The van der Waals surface area contributed by atoms with Crippen LogP contribution in [-0.2, 0) is 10.0 Å². The molecule has 2 aromatic carbocycles. The van der Waals surface area contributed by atoms with E-state index >= 15 is 0 Å². The zero-order valence-electron chi connectivity index (χ0n) is 15.9. The number of fused-ring (bicyclic) bond motifs is 1. The SMILES string of the molecule is CC1CCCCN1S(=O)(=O)c1ccc(Br)c(C(=O)Nc2ccc3c(c2)OCO3)c1. The molecule has 1 fully saturated rings. The number of benzene rings is 2. The highest BCUT2D eigenvalue weighted by Gasteiger charge is 2.31. The minimum atomic E-state index is -3.67. The monoisotopic (exact) mass is 480 g/mol. The number of hydrogen-bond acceptors (Lipinski definition) is 5. The van der Waals surface area contributed by atoms with Crippen LogP contribution >= 0.6 is 15.9 Å². The molecular weight excluding hydrogens is 460 g/mol.